The Labute approximate surface area is 248 Å². The van der Waals surface area contributed by atoms with E-state index in [1.807, 2.05) is 11.8 Å². The van der Waals surface area contributed by atoms with Crippen molar-refractivity contribution >= 4 is 44.3 Å². The Morgan fingerprint density at radius 3 is 2.05 bits per heavy atom. The Kier molecular flexibility index (Phi) is 5.20. The van der Waals surface area contributed by atoms with E-state index in [4.69, 9.17) is 0 Å². The van der Waals surface area contributed by atoms with E-state index in [-0.39, 0.29) is 0 Å². The fourth-order valence-electron chi connectivity index (χ4n) is 6.71. The molecule has 0 bridgehead atoms. The van der Waals surface area contributed by atoms with Gasteiger partial charge >= 0.3 is 0 Å². The van der Waals surface area contributed by atoms with Gasteiger partial charge in [-0.15, -0.1) is 0 Å². The number of benzene rings is 7. The summed E-state index contributed by atoms with van der Waals surface area (Å²) in [5.41, 5.74) is 11.3. The van der Waals surface area contributed by atoms with Crippen LogP contribution in [0.4, 0.5) is 0 Å². The molecule has 2 heteroatoms. The molecule has 1 aromatic heterocycles. The minimum Gasteiger partial charge on any atom is -0.309 e. The average Bonchev–Trinajstić information content (AvgIpc) is 3.39. The van der Waals surface area contributed by atoms with Crippen LogP contribution in [-0.2, 0) is 0 Å². The first-order chi connectivity index (χ1) is 20.8. The van der Waals surface area contributed by atoms with Crippen LogP contribution in [0.15, 0.2) is 161 Å². The molecule has 196 valence electrons. The maximum absolute atomic E-state index is 2.37. The quantitative estimate of drug-likeness (QED) is 0.211. The third kappa shape index (κ3) is 3.52. The van der Waals surface area contributed by atoms with E-state index >= 15 is 0 Å². The van der Waals surface area contributed by atoms with E-state index < -0.39 is 0 Å². The number of aromatic nitrogens is 1. The second-order valence-corrected chi connectivity index (χ2v) is 12.0. The normalized spacial score (nSPS) is 12.2. The van der Waals surface area contributed by atoms with Crippen LogP contribution in [-0.4, -0.2) is 4.57 Å². The molecular formula is C40H25NS. The first-order valence-corrected chi connectivity index (χ1v) is 15.2. The molecule has 0 amide bonds. The molecular weight excluding hydrogens is 527 g/mol. The van der Waals surface area contributed by atoms with Gasteiger partial charge in [0.25, 0.3) is 0 Å². The summed E-state index contributed by atoms with van der Waals surface area (Å²) in [7, 11) is 0. The SMILES string of the molecule is c1ccc(-n2c3ccccc3c3cc(-c4cccc(-c5ccc6c7c(cccc57)-c5ccccc5S6)c4)ccc32)cc1. The van der Waals surface area contributed by atoms with Crippen molar-refractivity contribution in [2.24, 2.45) is 0 Å². The lowest BCUT2D eigenvalue weighted by Gasteiger charge is -2.21. The number of fused-ring (bicyclic) bond motifs is 5. The predicted octanol–water partition coefficient (Wildman–Crippen LogP) is 11.4. The van der Waals surface area contributed by atoms with Crippen molar-refractivity contribution in [2.75, 3.05) is 0 Å². The third-order valence-corrected chi connectivity index (χ3v) is 9.73. The van der Waals surface area contributed by atoms with Gasteiger partial charge in [0.1, 0.15) is 0 Å². The molecule has 2 heterocycles. The number of nitrogens with zero attached hydrogens (tertiary/aromatic N) is 1. The molecule has 0 aliphatic carbocycles. The molecule has 0 atom stereocenters. The second kappa shape index (κ2) is 9.24. The van der Waals surface area contributed by atoms with Gasteiger partial charge in [-0.05, 0) is 87.3 Å². The Balaban J connectivity index is 1.20. The van der Waals surface area contributed by atoms with Crippen LogP contribution in [0.1, 0.15) is 0 Å². The monoisotopic (exact) mass is 551 g/mol. The van der Waals surface area contributed by atoms with Crippen molar-refractivity contribution in [2.45, 2.75) is 9.79 Å². The molecule has 1 aliphatic heterocycles. The highest BCUT2D eigenvalue weighted by atomic mass is 32.2. The lowest BCUT2D eigenvalue weighted by atomic mass is 9.91. The lowest BCUT2D eigenvalue weighted by Crippen LogP contribution is -1.94. The fourth-order valence-corrected chi connectivity index (χ4v) is 7.84. The molecule has 0 N–H and O–H groups in total. The zero-order valence-electron chi connectivity index (χ0n) is 22.8. The first kappa shape index (κ1) is 23.6. The summed E-state index contributed by atoms with van der Waals surface area (Å²) < 4.78 is 2.37. The number of rotatable bonds is 3. The maximum atomic E-state index is 2.37. The predicted molar refractivity (Wildman–Crippen MR) is 179 cm³/mol. The van der Waals surface area contributed by atoms with E-state index in [2.05, 4.69) is 156 Å². The molecule has 7 aromatic carbocycles. The molecule has 42 heavy (non-hydrogen) atoms. The molecule has 9 rings (SSSR count). The zero-order chi connectivity index (χ0) is 27.6. The summed E-state index contributed by atoms with van der Waals surface area (Å²) in [5, 5.41) is 5.22. The summed E-state index contributed by atoms with van der Waals surface area (Å²) >= 11 is 1.88. The summed E-state index contributed by atoms with van der Waals surface area (Å²) in [5.74, 6) is 0. The van der Waals surface area contributed by atoms with E-state index in [9.17, 15) is 0 Å². The standard InChI is InChI=1S/C40H25NS/c1-2-12-29(13-3-1)41-36-18-6-4-14-31(36)35-25-27(20-22-37(35)41)26-10-8-11-28(24-26)30-21-23-39-40-33(30)16-9-17-34(40)32-15-5-7-19-38(32)42-39/h1-25H. The molecule has 0 fully saturated rings. The van der Waals surface area contributed by atoms with Crippen molar-refractivity contribution in [1.29, 1.82) is 0 Å². The van der Waals surface area contributed by atoms with Crippen molar-refractivity contribution < 1.29 is 0 Å². The second-order valence-electron chi connectivity index (χ2n) is 10.9. The smallest absolute Gasteiger partial charge is 0.0541 e. The number of para-hydroxylation sites is 2. The number of hydrogen-bond acceptors (Lipinski definition) is 1. The van der Waals surface area contributed by atoms with Gasteiger partial charge in [-0.3, -0.25) is 0 Å². The van der Waals surface area contributed by atoms with E-state index in [1.165, 1.54) is 81.4 Å². The minimum atomic E-state index is 1.18. The van der Waals surface area contributed by atoms with Gasteiger partial charge in [0, 0.05) is 31.6 Å². The average molecular weight is 552 g/mol. The van der Waals surface area contributed by atoms with Crippen LogP contribution in [0.5, 0.6) is 0 Å². The highest BCUT2D eigenvalue weighted by molar-refractivity contribution is 7.99. The Morgan fingerprint density at radius 1 is 0.381 bits per heavy atom. The zero-order valence-corrected chi connectivity index (χ0v) is 23.6. The minimum absolute atomic E-state index is 1.18. The first-order valence-electron chi connectivity index (χ1n) is 14.4. The van der Waals surface area contributed by atoms with E-state index in [0.717, 1.165) is 0 Å². The van der Waals surface area contributed by atoms with Crippen LogP contribution in [0, 0.1) is 0 Å². The molecule has 0 radical (unpaired) electrons. The molecule has 0 saturated carbocycles. The van der Waals surface area contributed by atoms with Gasteiger partial charge < -0.3 is 4.57 Å². The van der Waals surface area contributed by atoms with E-state index in [0.29, 0.717) is 0 Å². The molecule has 0 saturated heterocycles. The van der Waals surface area contributed by atoms with Gasteiger partial charge in [0.15, 0.2) is 0 Å². The van der Waals surface area contributed by atoms with Gasteiger partial charge in [-0.25, -0.2) is 0 Å². The third-order valence-electron chi connectivity index (χ3n) is 8.59. The van der Waals surface area contributed by atoms with E-state index in [1.54, 1.807) is 0 Å². The topological polar surface area (TPSA) is 4.93 Å². The van der Waals surface area contributed by atoms with Crippen LogP contribution < -0.4 is 0 Å². The van der Waals surface area contributed by atoms with Gasteiger partial charge in [0.2, 0.25) is 0 Å². The van der Waals surface area contributed by atoms with Crippen molar-refractivity contribution in [3.63, 3.8) is 0 Å². The summed E-state index contributed by atoms with van der Waals surface area (Å²) in [4.78, 5) is 2.66. The molecule has 8 aromatic rings. The van der Waals surface area contributed by atoms with Gasteiger partial charge in [0.05, 0.1) is 11.0 Å². The highest BCUT2D eigenvalue weighted by Gasteiger charge is 2.20. The molecule has 0 spiro atoms. The summed E-state index contributed by atoms with van der Waals surface area (Å²) in [6, 6.07) is 55.4. The molecule has 1 aliphatic rings. The fraction of sp³-hybridized carbons (Fsp3) is 0. The van der Waals surface area contributed by atoms with Crippen molar-refractivity contribution in [3.8, 4) is 39.1 Å². The highest BCUT2D eigenvalue weighted by Crippen LogP contribution is 2.49. The van der Waals surface area contributed by atoms with Crippen LogP contribution in [0.2, 0.25) is 0 Å². The Morgan fingerprint density at radius 2 is 1.10 bits per heavy atom. The van der Waals surface area contributed by atoms with Crippen molar-refractivity contribution in [1.82, 2.24) is 4.57 Å². The molecule has 1 nitrogen and oxygen atoms in total. The van der Waals surface area contributed by atoms with Gasteiger partial charge in [-0.1, -0.05) is 115 Å². The Bertz CT molecular complexity index is 2330. The Hall–Kier alpha value is -5.05. The lowest BCUT2D eigenvalue weighted by molar-refractivity contribution is 1.18. The maximum Gasteiger partial charge on any atom is 0.0541 e. The van der Waals surface area contributed by atoms with Crippen molar-refractivity contribution in [3.05, 3.63) is 152 Å². The van der Waals surface area contributed by atoms with Crippen LogP contribution in [0.25, 0.3) is 71.6 Å². The van der Waals surface area contributed by atoms with Crippen LogP contribution in [0.3, 0.4) is 0 Å². The van der Waals surface area contributed by atoms with Gasteiger partial charge in [-0.2, -0.15) is 0 Å². The van der Waals surface area contributed by atoms with Crippen LogP contribution >= 0.6 is 11.8 Å². The summed E-state index contributed by atoms with van der Waals surface area (Å²) in [6.45, 7) is 0. The summed E-state index contributed by atoms with van der Waals surface area (Å²) in [6.07, 6.45) is 0. The molecule has 0 unspecified atom stereocenters. The largest absolute Gasteiger partial charge is 0.309 e. The number of hydrogen-bond donors (Lipinski definition) is 0.